The molecule has 4 heterocycles. The molecule has 1 aromatic carbocycles. The molecular weight excluding hydrogens is 453 g/mol. The van der Waals surface area contributed by atoms with Crippen molar-refractivity contribution in [2.75, 3.05) is 54.1 Å². The molecule has 0 N–H and O–H groups in total. The number of carbonyl (C=O) groups is 1. The van der Waals surface area contributed by atoms with E-state index in [4.69, 9.17) is 14.7 Å². The van der Waals surface area contributed by atoms with Gasteiger partial charge in [0.2, 0.25) is 5.88 Å². The molecule has 5 rings (SSSR count). The molecular formula is C24H22FN7O3. The summed E-state index contributed by atoms with van der Waals surface area (Å²) in [6.07, 6.45) is 3.94. The van der Waals surface area contributed by atoms with Gasteiger partial charge in [0.05, 0.1) is 16.9 Å². The highest BCUT2D eigenvalue weighted by atomic mass is 19.1. The van der Waals surface area contributed by atoms with E-state index in [1.54, 1.807) is 36.7 Å². The molecule has 0 spiro atoms. The van der Waals surface area contributed by atoms with Crippen LogP contribution in [-0.4, -0.2) is 66.5 Å². The molecule has 0 unspecified atom stereocenters. The molecule has 0 radical (unpaired) electrons. The molecule has 0 saturated carbocycles. The number of rotatable bonds is 6. The lowest BCUT2D eigenvalue weighted by Crippen LogP contribution is -2.47. The third kappa shape index (κ3) is 4.77. The quantitative estimate of drug-likeness (QED) is 0.532. The van der Waals surface area contributed by atoms with Crippen LogP contribution in [0.15, 0.2) is 55.1 Å². The third-order valence-electron chi connectivity index (χ3n) is 5.97. The lowest BCUT2D eigenvalue weighted by atomic mass is 10.2. The van der Waals surface area contributed by atoms with Gasteiger partial charge in [-0.05, 0) is 30.3 Å². The standard InChI is InChI=1S/C24H22FN7O3/c25-20-11-18(32-19(15-35-24(32)33)14-34-23-5-6-27-16-29-23)2-3-21(20)30-7-9-31(10-8-30)22-4-1-17(12-26)13-28-22/h1-6,11,13,16,19H,7-10,14-15H2/t19-/m1/s1. The van der Waals surface area contributed by atoms with Crippen molar-refractivity contribution >= 4 is 23.3 Å². The summed E-state index contributed by atoms with van der Waals surface area (Å²) in [5, 5.41) is 8.93. The van der Waals surface area contributed by atoms with Crippen LogP contribution in [0, 0.1) is 17.1 Å². The van der Waals surface area contributed by atoms with E-state index in [0.29, 0.717) is 49.0 Å². The SMILES string of the molecule is N#Cc1ccc(N2CCN(c3ccc(N4C(=O)OC[C@H]4COc4ccncn4)cc3F)CC2)nc1. The van der Waals surface area contributed by atoms with Crippen molar-refractivity contribution in [1.82, 2.24) is 15.0 Å². The van der Waals surface area contributed by atoms with E-state index in [-0.39, 0.29) is 13.2 Å². The maximum absolute atomic E-state index is 15.2. The van der Waals surface area contributed by atoms with E-state index in [9.17, 15) is 4.79 Å². The fourth-order valence-corrected chi connectivity index (χ4v) is 4.16. The zero-order valence-electron chi connectivity index (χ0n) is 18.7. The van der Waals surface area contributed by atoms with E-state index >= 15 is 4.39 Å². The van der Waals surface area contributed by atoms with Crippen LogP contribution in [-0.2, 0) is 4.74 Å². The van der Waals surface area contributed by atoms with E-state index in [0.717, 1.165) is 5.82 Å². The van der Waals surface area contributed by atoms with Crippen LogP contribution in [0.25, 0.3) is 0 Å². The summed E-state index contributed by atoms with van der Waals surface area (Å²) in [6, 6.07) is 11.6. The van der Waals surface area contributed by atoms with Gasteiger partial charge in [-0.3, -0.25) is 4.90 Å². The van der Waals surface area contributed by atoms with Gasteiger partial charge in [0, 0.05) is 44.6 Å². The van der Waals surface area contributed by atoms with Gasteiger partial charge in [0.1, 0.15) is 43.3 Å². The monoisotopic (exact) mass is 475 g/mol. The highest BCUT2D eigenvalue weighted by Gasteiger charge is 2.35. The number of hydrogen-bond donors (Lipinski definition) is 0. The summed E-state index contributed by atoms with van der Waals surface area (Å²) in [6.45, 7) is 2.84. The lowest BCUT2D eigenvalue weighted by Gasteiger charge is -2.37. The topological polar surface area (TPSA) is 108 Å². The minimum Gasteiger partial charge on any atom is -0.475 e. The summed E-state index contributed by atoms with van der Waals surface area (Å²) in [5.41, 5.74) is 1.40. The van der Waals surface area contributed by atoms with Crippen LogP contribution < -0.4 is 19.4 Å². The summed E-state index contributed by atoms with van der Waals surface area (Å²) in [4.78, 5) is 30.0. The Hall–Kier alpha value is -4.46. The van der Waals surface area contributed by atoms with E-state index in [2.05, 4.69) is 25.9 Å². The number of carbonyl (C=O) groups excluding carboxylic acids is 1. The number of nitriles is 1. The Morgan fingerprint density at radius 3 is 2.63 bits per heavy atom. The number of piperazine rings is 1. The van der Waals surface area contributed by atoms with Gasteiger partial charge < -0.3 is 19.3 Å². The fraction of sp³-hybridized carbons (Fsp3) is 0.292. The second-order valence-corrected chi connectivity index (χ2v) is 8.09. The van der Waals surface area contributed by atoms with Crippen molar-refractivity contribution in [3.8, 4) is 11.9 Å². The van der Waals surface area contributed by atoms with E-state index in [1.165, 1.54) is 17.3 Å². The van der Waals surface area contributed by atoms with Gasteiger partial charge in [-0.2, -0.15) is 5.26 Å². The molecule has 1 amide bonds. The second-order valence-electron chi connectivity index (χ2n) is 8.09. The van der Waals surface area contributed by atoms with Gasteiger partial charge in [0.15, 0.2) is 0 Å². The number of benzene rings is 1. The van der Waals surface area contributed by atoms with Crippen LogP contribution in [0.2, 0.25) is 0 Å². The molecule has 10 nitrogen and oxygen atoms in total. The van der Waals surface area contributed by atoms with Crippen molar-refractivity contribution in [1.29, 1.82) is 5.26 Å². The van der Waals surface area contributed by atoms with Gasteiger partial charge in [0.25, 0.3) is 0 Å². The van der Waals surface area contributed by atoms with Crippen molar-refractivity contribution in [3.05, 3.63) is 66.5 Å². The molecule has 35 heavy (non-hydrogen) atoms. The second kappa shape index (κ2) is 9.80. The number of nitrogens with zero attached hydrogens (tertiary/aromatic N) is 7. The predicted octanol–water partition coefficient (Wildman–Crippen LogP) is 2.61. The number of cyclic esters (lactones) is 1. The molecule has 2 aliphatic heterocycles. The van der Waals surface area contributed by atoms with Gasteiger partial charge in [-0.25, -0.2) is 24.1 Å². The summed E-state index contributed by atoms with van der Waals surface area (Å²) in [7, 11) is 0. The number of halogens is 1. The molecule has 178 valence electrons. The molecule has 11 heteroatoms. The number of amides is 1. The minimum atomic E-state index is -0.544. The Morgan fingerprint density at radius 1 is 1.11 bits per heavy atom. The normalized spacial score (nSPS) is 17.8. The Labute approximate surface area is 201 Å². The highest BCUT2D eigenvalue weighted by Crippen LogP contribution is 2.30. The van der Waals surface area contributed by atoms with Crippen LogP contribution in [0.1, 0.15) is 5.56 Å². The summed E-state index contributed by atoms with van der Waals surface area (Å²) in [5.74, 6) is 0.765. The van der Waals surface area contributed by atoms with Gasteiger partial charge >= 0.3 is 6.09 Å². The van der Waals surface area contributed by atoms with E-state index in [1.807, 2.05) is 11.0 Å². The molecule has 2 aromatic heterocycles. The first-order valence-corrected chi connectivity index (χ1v) is 11.1. The van der Waals surface area contributed by atoms with Crippen LogP contribution in [0.4, 0.5) is 26.4 Å². The Bertz CT molecular complexity index is 1230. The number of aromatic nitrogens is 3. The van der Waals surface area contributed by atoms with Crippen LogP contribution in [0.5, 0.6) is 5.88 Å². The molecule has 2 saturated heterocycles. The largest absolute Gasteiger partial charge is 0.475 e. The fourth-order valence-electron chi connectivity index (χ4n) is 4.16. The Kier molecular flexibility index (Phi) is 6.26. The Balaban J connectivity index is 1.24. The predicted molar refractivity (Wildman–Crippen MR) is 125 cm³/mol. The van der Waals surface area contributed by atoms with E-state index < -0.39 is 18.0 Å². The summed E-state index contributed by atoms with van der Waals surface area (Å²) >= 11 is 0. The third-order valence-corrected chi connectivity index (χ3v) is 5.97. The number of hydrogen-bond acceptors (Lipinski definition) is 9. The smallest absolute Gasteiger partial charge is 0.414 e. The van der Waals surface area contributed by atoms with Crippen molar-refractivity contribution in [3.63, 3.8) is 0 Å². The average Bonchev–Trinajstić information content (AvgIpc) is 3.28. The first kappa shape index (κ1) is 22.3. The lowest BCUT2D eigenvalue weighted by molar-refractivity contribution is 0.175. The molecule has 0 aliphatic carbocycles. The average molecular weight is 475 g/mol. The van der Waals surface area contributed by atoms with Crippen LogP contribution in [0.3, 0.4) is 0 Å². The van der Waals surface area contributed by atoms with Crippen molar-refractivity contribution < 1.29 is 18.7 Å². The van der Waals surface area contributed by atoms with Gasteiger partial charge in [-0.15, -0.1) is 0 Å². The zero-order chi connectivity index (χ0) is 24.2. The molecule has 2 fully saturated rings. The maximum Gasteiger partial charge on any atom is 0.414 e. The highest BCUT2D eigenvalue weighted by molar-refractivity contribution is 5.90. The first-order valence-electron chi connectivity index (χ1n) is 11.1. The Morgan fingerprint density at radius 2 is 1.94 bits per heavy atom. The maximum atomic E-state index is 15.2. The van der Waals surface area contributed by atoms with Crippen LogP contribution >= 0.6 is 0 Å². The molecule has 1 atom stereocenters. The van der Waals surface area contributed by atoms with Gasteiger partial charge in [-0.1, -0.05) is 0 Å². The van der Waals surface area contributed by atoms with Crippen molar-refractivity contribution in [2.45, 2.75) is 6.04 Å². The molecule has 3 aromatic rings. The molecule has 2 aliphatic rings. The zero-order valence-corrected chi connectivity index (χ0v) is 18.7. The minimum absolute atomic E-state index is 0.138. The first-order chi connectivity index (χ1) is 17.1. The number of anilines is 3. The number of ether oxygens (including phenoxy) is 2. The molecule has 0 bridgehead atoms. The summed E-state index contributed by atoms with van der Waals surface area (Å²) < 4.78 is 26.0. The number of pyridine rings is 1. The van der Waals surface area contributed by atoms with Crippen molar-refractivity contribution in [2.24, 2.45) is 0 Å².